The summed E-state index contributed by atoms with van der Waals surface area (Å²) >= 11 is 6.16. The molecule has 24 heavy (non-hydrogen) atoms. The van der Waals surface area contributed by atoms with E-state index in [4.69, 9.17) is 11.6 Å². The van der Waals surface area contributed by atoms with Crippen LogP contribution in [0.25, 0.3) is 0 Å². The first-order valence-electron chi connectivity index (χ1n) is 7.86. The number of aliphatic imine (C=N–C) groups is 1. The van der Waals surface area contributed by atoms with Crippen molar-refractivity contribution in [3.63, 3.8) is 0 Å². The number of halogens is 2. The zero-order valence-corrected chi connectivity index (χ0v) is 17.1. The fourth-order valence-electron chi connectivity index (χ4n) is 2.17. The van der Waals surface area contributed by atoms with E-state index in [1.54, 1.807) is 6.33 Å². The van der Waals surface area contributed by atoms with Crippen molar-refractivity contribution in [2.45, 2.75) is 33.4 Å². The Morgan fingerprint density at radius 1 is 1.25 bits per heavy atom. The lowest BCUT2D eigenvalue weighted by Gasteiger charge is -2.12. The van der Waals surface area contributed by atoms with Crippen LogP contribution in [0.3, 0.4) is 0 Å². The lowest BCUT2D eigenvalue weighted by molar-refractivity contribution is 0.632. The second kappa shape index (κ2) is 11.2. The SMILES string of the molecule is CCNC(=NCc1ccccc1Cl)NCCn1cnnc1CC.I. The van der Waals surface area contributed by atoms with Crippen LogP contribution in [0.5, 0.6) is 0 Å². The lowest BCUT2D eigenvalue weighted by Crippen LogP contribution is -2.38. The van der Waals surface area contributed by atoms with Crippen LogP contribution in [0.15, 0.2) is 35.6 Å². The standard InChI is InChI=1S/C16H23ClN6.HI/c1-3-15-22-21-12-23(15)10-9-19-16(18-4-2)20-11-13-7-5-6-8-14(13)17;/h5-8,12H,3-4,9-11H2,1-2H3,(H2,18,19,20);1H. The molecular formula is C16H24ClIN6. The van der Waals surface area contributed by atoms with Gasteiger partial charge in [0.05, 0.1) is 6.54 Å². The summed E-state index contributed by atoms with van der Waals surface area (Å²) in [6, 6.07) is 7.75. The molecule has 0 saturated carbocycles. The number of hydrogen-bond donors (Lipinski definition) is 2. The number of aryl methyl sites for hydroxylation is 1. The first-order chi connectivity index (χ1) is 11.2. The third-order valence-corrected chi connectivity index (χ3v) is 3.74. The minimum absolute atomic E-state index is 0. The van der Waals surface area contributed by atoms with Crippen LogP contribution in [0, 0.1) is 0 Å². The van der Waals surface area contributed by atoms with Crippen LogP contribution in [0.2, 0.25) is 5.02 Å². The Bertz CT molecular complexity index is 643. The maximum absolute atomic E-state index is 6.16. The highest BCUT2D eigenvalue weighted by atomic mass is 127. The highest BCUT2D eigenvalue weighted by molar-refractivity contribution is 14.0. The minimum atomic E-state index is 0. The highest BCUT2D eigenvalue weighted by Gasteiger charge is 2.03. The largest absolute Gasteiger partial charge is 0.357 e. The van der Waals surface area contributed by atoms with E-state index >= 15 is 0 Å². The van der Waals surface area contributed by atoms with Gasteiger partial charge in [-0.2, -0.15) is 0 Å². The molecule has 0 radical (unpaired) electrons. The monoisotopic (exact) mass is 462 g/mol. The molecule has 2 rings (SSSR count). The van der Waals surface area contributed by atoms with E-state index in [9.17, 15) is 0 Å². The summed E-state index contributed by atoms with van der Waals surface area (Å²) in [6.07, 6.45) is 2.63. The number of benzene rings is 1. The fraction of sp³-hybridized carbons (Fsp3) is 0.438. The Hall–Kier alpha value is -1.35. The molecule has 132 valence electrons. The van der Waals surface area contributed by atoms with E-state index < -0.39 is 0 Å². The molecule has 0 bridgehead atoms. The molecule has 0 spiro atoms. The second-order valence-corrected chi connectivity index (χ2v) is 5.41. The molecule has 2 N–H and O–H groups in total. The van der Waals surface area contributed by atoms with Crippen molar-refractivity contribution in [3.8, 4) is 0 Å². The van der Waals surface area contributed by atoms with Gasteiger partial charge in [-0.3, -0.25) is 0 Å². The zero-order valence-electron chi connectivity index (χ0n) is 14.0. The first-order valence-corrected chi connectivity index (χ1v) is 8.24. The quantitative estimate of drug-likeness (QED) is 0.377. The van der Waals surface area contributed by atoms with Gasteiger partial charge in [0.25, 0.3) is 0 Å². The fourth-order valence-corrected chi connectivity index (χ4v) is 2.36. The average Bonchev–Trinajstić information content (AvgIpc) is 3.01. The van der Waals surface area contributed by atoms with Gasteiger partial charge in [0.2, 0.25) is 0 Å². The summed E-state index contributed by atoms with van der Waals surface area (Å²) < 4.78 is 2.05. The Kier molecular flexibility index (Phi) is 9.70. The predicted molar refractivity (Wildman–Crippen MR) is 109 cm³/mol. The number of rotatable bonds is 7. The molecule has 0 amide bonds. The van der Waals surface area contributed by atoms with E-state index in [0.29, 0.717) is 6.54 Å². The molecule has 0 aliphatic heterocycles. The van der Waals surface area contributed by atoms with Crippen LogP contribution in [0.1, 0.15) is 25.2 Å². The van der Waals surface area contributed by atoms with Crippen LogP contribution in [-0.2, 0) is 19.5 Å². The normalized spacial score (nSPS) is 11.0. The summed E-state index contributed by atoms with van der Waals surface area (Å²) in [5.74, 6) is 1.77. The Labute approximate surface area is 165 Å². The summed E-state index contributed by atoms with van der Waals surface area (Å²) in [6.45, 7) is 7.01. The van der Waals surface area contributed by atoms with Gasteiger partial charge >= 0.3 is 0 Å². The minimum Gasteiger partial charge on any atom is -0.357 e. The summed E-state index contributed by atoms with van der Waals surface area (Å²) in [5.41, 5.74) is 1.01. The Morgan fingerprint density at radius 2 is 2.04 bits per heavy atom. The van der Waals surface area contributed by atoms with E-state index in [-0.39, 0.29) is 24.0 Å². The van der Waals surface area contributed by atoms with Crippen molar-refractivity contribution >= 4 is 41.5 Å². The van der Waals surface area contributed by atoms with E-state index in [1.807, 2.05) is 35.8 Å². The number of nitrogens with one attached hydrogen (secondary N) is 2. The van der Waals surface area contributed by atoms with Crippen molar-refractivity contribution in [2.75, 3.05) is 13.1 Å². The molecule has 0 fully saturated rings. The van der Waals surface area contributed by atoms with Crippen molar-refractivity contribution in [1.29, 1.82) is 0 Å². The molecule has 0 unspecified atom stereocenters. The number of guanidine groups is 1. The maximum atomic E-state index is 6.16. The molecule has 6 nitrogen and oxygen atoms in total. The van der Waals surface area contributed by atoms with Crippen LogP contribution in [0.4, 0.5) is 0 Å². The third-order valence-electron chi connectivity index (χ3n) is 3.37. The molecule has 1 heterocycles. The van der Waals surface area contributed by atoms with Crippen molar-refractivity contribution in [1.82, 2.24) is 25.4 Å². The van der Waals surface area contributed by atoms with Gasteiger partial charge in [-0.25, -0.2) is 4.99 Å². The molecule has 0 atom stereocenters. The summed E-state index contributed by atoms with van der Waals surface area (Å²) in [4.78, 5) is 4.58. The molecular weight excluding hydrogens is 439 g/mol. The first kappa shape index (κ1) is 20.7. The van der Waals surface area contributed by atoms with Crippen LogP contribution < -0.4 is 10.6 Å². The molecule has 1 aromatic carbocycles. The number of aromatic nitrogens is 3. The van der Waals surface area contributed by atoms with Crippen molar-refractivity contribution in [3.05, 3.63) is 47.0 Å². The van der Waals surface area contributed by atoms with Gasteiger partial charge in [0, 0.05) is 31.1 Å². The highest BCUT2D eigenvalue weighted by Crippen LogP contribution is 2.15. The van der Waals surface area contributed by atoms with Gasteiger partial charge in [-0.1, -0.05) is 36.7 Å². The average molecular weight is 463 g/mol. The van der Waals surface area contributed by atoms with Gasteiger partial charge in [0.1, 0.15) is 12.2 Å². The van der Waals surface area contributed by atoms with E-state index in [0.717, 1.165) is 48.4 Å². The molecule has 0 saturated heterocycles. The van der Waals surface area contributed by atoms with Gasteiger partial charge in [-0.15, -0.1) is 34.2 Å². The molecule has 0 aliphatic rings. The van der Waals surface area contributed by atoms with Gasteiger partial charge in [-0.05, 0) is 18.6 Å². The van der Waals surface area contributed by atoms with Crippen LogP contribution in [-0.4, -0.2) is 33.8 Å². The van der Waals surface area contributed by atoms with E-state index in [2.05, 4.69) is 32.7 Å². The second-order valence-electron chi connectivity index (χ2n) is 5.01. The van der Waals surface area contributed by atoms with Gasteiger partial charge < -0.3 is 15.2 Å². The van der Waals surface area contributed by atoms with Crippen LogP contribution >= 0.6 is 35.6 Å². The molecule has 8 heteroatoms. The molecule has 1 aromatic heterocycles. The van der Waals surface area contributed by atoms with E-state index in [1.165, 1.54) is 0 Å². The summed E-state index contributed by atoms with van der Waals surface area (Å²) in [5, 5.41) is 15.3. The zero-order chi connectivity index (χ0) is 16.5. The van der Waals surface area contributed by atoms with Crippen molar-refractivity contribution in [2.24, 2.45) is 4.99 Å². The molecule has 2 aromatic rings. The Morgan fingerprint density at radius 3 is 2.75 bits per heavy atom. The third kappa shape index (κ3) is 6.27. The maximum Gasteiger partial charge on any atom is 0.191 e. The lowest BCUT2D eigenvalue weighted by atomic mass is 10.2. The molecule has 0 aliphatic carbocycles. The number of hydrogen-bond acceptors (Lipinski definition) is 3. The smallest absolute Gasteiger partial charge is 0.191 e. The van der Waals surface area contributed by atoms with Crippen molar-refractivity contribution < 1.29 is 0 Å². The number of nitrogens with zero attached hydrogens (tertiary/aromatic N) is 4. The topological polar surface area (TPSA) is 67.1 Å². The van der Waals surface area contributed by atoms with Gasteiger partial charge in [0.15, 0.2) is 5.96 Å². The Balaban J connectivity index is 0.00000288. The predicted octanol–water partition coefficient (Wildman–Crippen LogP) is 2.87. The summed E-state index contributed by atoms with van der Waals surface area (Å²) in [7, 11) is 0.